The molecule has 118 valence electrons. The third-order valence-corrected chi connectivity index (χ3v) is 5.11. The quantitative estimate of drug-likeness (QED) is 0.839. The average molecular weight is 292 g/mol. The number of halogens is 3. The van der Waals surface area contributed by atoms with Crippen molar-refractivity contribution >= 4 is 0 Å². The second-order valence-corrected chi connectivity index (χ2v) is 7.25. The van der Waals surface area contributed by atoms with Crippen LogP contribution in [0.2, 0.25) is 0 Å². The molecule has 2 nitrogen and oxygen atoms in total. The van der Waals surface area contributed by atoms with Gasteiger partial charge in [0.1, 0.15) is 0 Å². The number of likely N-dealkylation sites (N-methyl/N-ethyl adjacent to an activating group) is 1. The van der Waals surface area contributed by atoms with Gasteiger partial charge in [0.15, 0.2) is 0 Å². The van der Waals surface area contributed by atoms with Gasteiger partial charge in [-0.3, -0.25) is 4.90 Å². The summed E-state index contributed by atoms with van der Waals surface area (Å²) in [7, 11) is 1.93. The first-order valence-corrected chi connectivity index (χ1v) is 7.71. The third-order valence-electron chi connectivity index (χ3n) is 5.11. The normalized spacial score (nSPS) is 36.0. The van der Waals surface area contributed by atoms with Crippen molar-refractivity contribution in [3.63, 3.8) is 0 Å². The first-order chi connectivity index (χ1) is 9.23. The van der Waals surface area contributed by atoms with Gasteiger partial charge >= 0.3 is 6.18 Å². The number of piperidine rings is 1. The Labute approximate surface area is 120 Å². The summed E-state index contributed by atoms with van der Waals surface area (Å²) in [5.74, 6) is -1.14. The van der Waals surface area contributed by atoms with Crippen molar-refractivity contribution in [1.29, 1.82) is 0 Å². The highest BCUT2D eigenvalue weighted by molar-refractivity contribution is 4.95. The van der Waals surface area contributed by atoms with Crippen molar-refractivity contribution in [2.24, 2.45) is 11.3 Å². The maximum absolute atomic E-state index is 13.0. The van der Waals surface area contributed by atoms with E-state index >= 15 is 0 Å². The smallest absolute Gasteiger partial charge is 0.315 e. The number of likely N-dealkylation sites (tertiary alicyclic amines) is 1. The minimum Gasteiger partial charge on any atom is -0.315 e. The van der Waals surface area contributed by atoms with Gasteiger partial charge in [-0.1, -0.05) is 13.8 Å². The van der Waals surface area contributed by atoms with Crippen LogP contribution in [0.5, 0.6) is 0 Å². The van der Waals surface area contributed by atoms with Gasteiger partial charge in [0.25, 0.3) is 0 Å². The molecular formula is C15H27F3N2. The van der Waals surface area contributed by atoms with Crippen LogP contribution in [-0.2, 0) is 0 Å². The van der Waals surface area contributed by atoms with E-state index in [1.165, 1.54) is 0 Å². The lowest BCUT2D eigenvalue weighted by Gasteiger charge is -2.48. The summed E-state index contributed by atoms with van der Waals surface area (Å²) in [6.45, 7) is 5.46. The zero-order valence-electron chi connectivity index (χ0n) is 12.8. The Morgan fingerprint density at radius 3 is 2.50 bits per heavy atom. The molecule has 3 atom stereocenters. The number of nitrogens with one attached hydrogen (secondary N) is 1. The number of rotatable bonds is 2. The first kappa shape index (κ1) is 16.1. The molecule has 0 bridgehead atoms. The van der Waals surface area contributed by atoms with E-state index in [2.05, 4.69) is 24.1 Å². The number of hydrogen-bond donors (Lipinski definition) is 1. The van der Waals surface area contributed by atoms with Crippen LogP contribution in [0.15, 0.2) is 0 Å². The van der Waals surface area contributed by atoms with Gasteiger partial charge < -0.3 is 5.32 Å². The number of nitrogens with zero attached hydrogens (tertiary/aromatic N) is 1. The zero-order chi connectivity index (χ0) is 15.0. The lowest BCUT2D eigenvalue weighted by molar-refractivity contribution is -0.190. The summed E-state index contributed by atoms with van der Waals surface area (Å²) in [6, 6.07) is 0.573. The molecule has 5 heteroatoms. The van der Waals surface area contributed by atoms with Crippen LogP contribution < -0.4 is 5.32 Å². The van der Waals surface area contributed by atoms with Gasteiger partial charge in [-0.15, -0.1) is 0 Å². The average Bonchev–Trinajstić information content (AvgIpc) is 2.37. The van der Waals surface area contributed by atoms with Gasteiger partial charge in [-0.25, -0.2) is 0 Å². The van der Waals surface area contributed by atoms with E-state index in [0.29, 0.717) is 18.9 Å². The van der Waals surface area contributed by atoms with Crippen LogP contribution in [0.3, 0.4) is 0 Å². The summed E-state index contributed by atoms with van der Waals surface area (Å²) in [4.78, 5) is 2.10. The molecule has 1 heterocycles. The predicted octanol–water partition coefficient (Wildman–Crippen LogP) is 3.43. The molecule has 0 aromatic heterocycles. The lowest BCUT2D eigenvalue weighted by Crippen LogP contribution is -2.57. The van der Waals surface area contributed by atoms with E-state index in [1.807, 2.05) is 7.05 Å². The fraction of sp³-hybridized carbons (Fsp3) is 1.00. The maximum atomic E-state index is 13.0. The third kappa shape index (κ3) is 3.67. The van der Waals surface area contributed by atoms with Crippen LogP contribution in [0.1, 0.15) is 46.0 Å². The monoisotopic (exact) mass is 292 g/mol. The lowest BCUT2D eigenvalue weighted by atomic mass is 9.72. The largest absolute Gasteiger partial charge is 0.393 e. The minimum absolute atomic E-state index is 0.183. The van der Waals surface area contributed by atoms with Crippen molar-refractivity contribution < 1.29 is 13.2 Å². The molecule has 1 N–H and O–H groups in total. The molecule has 0 amide bonds. The summed E-state index contributed by atoms with van der Waals surface area (Å²) in [6.07, 6.45) is 0.103. The summed E-state index contributed by atoms with van der Waals surface area (Å²) in [5, 5.41) is 3.32. The second kappa shape index (κ2) is 5.84. The molecule has 1 saturated carbocycles. The Morgan fingerprint density at radius 2 is 1.90 bits per heavy atom. The predicted molar refractivity (Wildman–Crippen MR) is 74.6 cm³/mol. The van der Waals surface area contributed by atoms with E-state index in [0.717, 1.165) is 25.8 Å². The van der Waals surface area contributed by atoms with Crippen molar-refractivity contribution in [2.75, 3.05) is 20.1 Å². The summed E-state index contributed by atoms with van der Waals surface area (Å²) in [5.41, 5.74) is 0.239. The van der Waals surface area contributed by atoms with Gasteiger partial charge in [-0.05, 0) is 51.1 Å². The van der Waals surface area contributed by atoms with Crippen molar-refractivity contribution in [2.45, 2.75) is 64.2 Å². The number of hydrogen-bond acceptors (Lipinski definition) is 2. The maximum Gasteiger partial charge on any atom is 0.393 e. The van der Waals surface area contributed by atoms with Gasteiger partial charge in [0.05, 0.1) is 5.92 Å². The van der Waals surface area contributed by atoms with Crippen molar-refractivity contribution in [3.05, 3.63) is 0 Å². The molecule has 0 spiro atoms. The fourth-order valence-electron chi connectivity index (χ4n) is 3.84. The standard InChI is InChI=1S/C15H27F3N2/c1-14(2)7-6-12(19-3)13(9-14)20-8-4-5-11(10-20)15(16,17)18/h11-13,19H,4-10H2,1-3H3. The van der Waals surface area contributed by atoms with Crippen LogP contribution in [0.4, 0.5) is 13.2 Å². The Balaban J connectivity index is 2.07. The van der Waals surface area contributed by atoms with E-state index in [1.54, 1.807) is 0 Å². The Morgan fingerprint density at radius 1 is 1.20 bits per heavy atom. The van der Waals surface area contributed by atoms with E-state index in [-0.39, 0.29) is 18.0 Å². The SMILES string of the molecule is CNC1CCC(C)(C)CC1N1CCCC(C(F)(F)F)C1. The molecule has 0 radical (unpaired) electrons. The molecule has 3 unspecified atom stereocenters. The molecule has 1 aliphatic carbocycles. The van der Waals surface area contributed by atoms with Crippen LogP contribution in [-0.4, -0.2) is 43.3 Å². The molecule has 20 heavy (non-hydrogen) atoms. The Bertz CT molecular complexity index is 328. The molecule has 1 saturated heterocycles. The summed E-state index contributed by atoms with van der Waals surface area (Å²) < 4.78 is 38.9. The van der Waals surface area contributed by atoms with Crippen LogP contribution in [0, 0.1) is 11.3 Å². The molecule has 1 aliphatic heterocycles. The van der Waals surface area contributed by atoms with E-state index in [9.17, 15) is 13.2 Å². The Hall–Kier alpha value is -0.290. The summed E-state index contributed by atoms with van der Waals surface area (Å²) >= 11 is 0. The second-order valence-electron chi connectivity index (χ2n) is 7.25. The zero-order valence-corrected chi connectivity index (χ0v) is 12.8. The minimum atomic E-state index is -4.04. The number of alkyl halides is 3. The van der Waals surface area contributed by atoms with E-state index < -0.39 is 12.1 Å². The molecule has 0 aromatic rings. The fourth-order valence-corrected chi connectivity index (χ4v) is 3.84. The van der Waals surface area contributed by atoms with Crippen molar-refractivity contribution in [3.8, 4) is 0 Å². The van der Waals surface area contributed by atoms with Crippen molar-refractivity contribution in [1.82, 2.24) is 10.2 Å². The first-order valence-electron chi connectivity index (χ1n) is 7.71. The highest BCUT2D eigenvalue weighted by Crippen LogP contribution is 2.40. The van der Waals surface area contributed by atoms with Crippen LogP contribution >= 0.6 is 0 Å². The van der Waals surface area contributed by atoms with Gasteiger partial charge in [-0.2, -0.15) is 13.2 Å². The molecule has 2 fully saturated rings. The molecule has 2 aliphatic rings. The van der Waals surface area contributed by atoms with Crippen LogP contribution in [0.25, 0.3) is 0 Å². The molecular weight excluding hydrogens is 265 g/mol. The highest BCUT2D eigenvalue weighted by Gasteiger charge is 2.45. The topological polar surface area (TPSA) is 15.3 Å². The highest BCUT2D eigenvalue weighted by atomic mass is 19.4. The van der Waals surface area contributed by atoms with Gasteiger partial charge in [0, 0.05) is 18.6 Å². The van der Waals surface area contributed by atoms with Gasteiger partial charge in [0.2, 0.25) is 0 Å². The Kier molecular flexibility index (Phi) is 4.69. The molecule has 0 aromatic carbocycles. The van der Waals surface area contributed by atoms with E-state index in [4.69, 9.17) is 0 Å². The molecule has 2 rings (SSSR count).